The van der Waals surface area contributed by atoms with E-state index in [1.165, 1.54) is 18.4 Å². The van der Waals surface area contributed by atoms with Crippen LogP contribution in [0.3, 0.4) is 0 Å². The molecule has 180 valence electrons. The van der Waals surface area contributed by atoms with Crippen LogP contribution in [0.15, 0.2) is 46.9 Å². The Morgan fingerprint density at radius 1 is 0.941 bits per heavy atom. The van der Waals surface area contributed by atoms with Crippen LogP contribution in [-0.2, 0) is 0 Å². The largest absolute Gasteiger partial charge is 0.451 e. The quantitative estimate of drug-likeness (QED) is 0.483. The first kappa shape index (κ1) is 23.5. The van der Waals surface area contributed by atoms with E-state index in [2.05, 4.69) is 32.9 Å². The number of halogens is 2. The number of rotatable bonds is 7. The fourth-order valence-electron chi connectivity index (χ4n) is 5.22. The molecule has 1 unspecified atom stereocenters. The van der Waals surface area contributed by atoms with E-state index in [0.717, 1.165) is 63.3 Å². The molecule has 2 N–H and O–H groups in total. The molecular weight excluding hydrogens is 471 g/mol. The summed E-state index contributed by atoms with van der Waals surface area (Å²) in [5.74, 6) is -0.342. The number of amides is 1. The van der Waals surface area contributed by atoms with Crippen LogP contribution >= 0.6 is 23.2 Å². The third-order valence-electron chi connectivity index (χ3n) is 7.11. The van der Waals surface area contributed by atoms with Gasteiger partial charge in [0.15, 0.2) is 5.76 Å². The molecule has 1 aromatic heterocycles. The first-order valence-corrected chi connectivity index (χ1v) is 12.7. The second-order valence-corrected chi connectivity index (χ2v) is 10.1. The van der Waals surface area contributed by atoms with Crippen molar-refractivity contribution in [1.29, 1.82) is 0 Å². The average molecular weight is 501 g/mol. The zero-order valence-electron chi connectivity index (χ0n) is 19.2. The number of anilines is 1. The molecular formula is C26H30Cl2N4O2. The highest BCUT2D eigenvalue weighted by Crippen LogP contribution is 2.33. The maximum atomic E-state index is 11.4. The van der Waals surface area contributed by atoms with E-state index in [0.29, 0.717) is 21.7 Å². The normalized spacial score (nSPS) is 18.6. The Hall–Kier alpha value is -2.25. The fraction of sp³-hybridized carbons (Fsp3) is 0.423. The van der Waals surface area contributed by atoms with Gasteiger partial charge in [-0.1, -0.05) is 29.3 Å². The maximum absolute atomic E-state index is 11.4. The predicted octanol–water partition coefficient (Wildman–Crippen LogP) is 5.19. The van der Waals surface area contributed by atoms with Crippen molar-refractivity contribution in [2.45, 2.75) is 25.3 Å². The molecule has 2 saturated heterocycles. The number of fused-ring (bicyclic) bond motifs is 1. The number of furan rings is 1. The van der Waals surface area contributed by atoms with Crippen LogP contribution in [0.5, 0.6) is 0 Å². The van der Waals surface area contributed by atoms with Crippen molar-refractivity contribution in [2.75, 3.05) is 50.7 Å². The van der Waals surface area contributed by atoms with Crippen molar-refractivity contribution in [1.82, 2.24) is 9.80 Å². The lowest BCUT2D eigenvalue weighted by molar-refractivity contribution is 0.0976. The van der Waals surface area contributed by atoms with Gasteiger partial charge in [-0.05, 0) is 74.3 Å². The second kappa shape index (κ2) is 10.2. The summed E-state index contributed by atoms with van der Waals surface area (Å²) in [7, 11) is 0. The highest BCUT2D eigenvalue weighted by atomic mass is 35.5. The SMILES string of the molecule is NC(=O)c1cc2cc(N3CCN(CCC(c4ccc(Cl)c(Cl)c4)N4CCCC4)CC3)ccc2o1. The van der Waals surface area contributed by atoms with Gasteiger partial charge in [-0.15, -0.1) is 0 Å². The third-order valence-corrected chi connectivity index (χ3v) is 7.85. The Morgan fingerprint density at radius 2 is 1.71 bits per heavy atom. The summed E-state index contributed by atoms with van der Waals surface area (Å²) in [6.45, 7) is 7.31. The van der Waals surface area contributed by atoms with E-state index in [1.807, 2.05) is 18.2 Å². The fourth-order valence-corrected chi connectivity index (χ4v) is 5.52. The number of primary amides is 1. The first-order valence-electron chi connectivity index (χ1n) is 12.0. The molecule has 2 fully saturated rings. The predicted molar refractivity (Wildman–Crippen MR) is 138 cm³/mol. The lowest BCUT2D eigenvalue weighted by Gasteiger charge is -2.37. The van der Waals surface area contributed by atoms with Gasteiger partial charge in [0.1, 0.15) is 5.58 Å². The van der Waals surface area contributed by atoms with Gasteiger partial charge in [0.25, 0.3) is 5.91 Å². The number of hydrogen-bond donors (Lipinski definition) is 1. The molecule has 3 heterocycles. The summed E-state index contributed by atoms with van der Waals surface area (Å²) < 4.78 is 5.51. The minimum absolute atomic E-state index is 0.200. The van der Waals surface area contributed by atoms with E-state index in [9.17, 15) is 4.79 Å². The zero-order chi connectivity index (χ0) is 23.7. The highest BCUT2D eigenvalue weighted by Gasteiger charge is 2.26. The smallest absolute Gasteiger partial charge is 0.284 e. The lowest BCUT2D eigenvalue weighted by atomic mass is 10.0. The van der Waals surface area contributed by atoms with E-state index in [1.54, 1.807) is 6.07 Å². The molecule has 0 spiro atoms. The molecule has 0 bridgehead atoms. The van der Waals surface area contributed by atoms with Crippen LogP contribution in [0.25, 0.3) is 11.0 Å². The minimum atomic E-state index is -0.542. The summed E-state index contributed by atoms with van der Waals surface area (Å²) in [6, 6.07) is 14.2. The summed E-state index contributed by atoms with van der Waals surface area (Å²) in [4.78, 5) is 18.9. The molecule has 5 rings (SSSR count). The van der Waals surface area contributed by atoms with E-state index < -0.39 is 5.91 Å². The van der Waals surface area contributed by atoms with Crippen LogP contribution in [0, 0.1) is 0 Å². The van der Waals surface area contributed by atoms with E-state index >= 15 is 0 Å². The zero-order valence-corrected chi connectivity index (χ0v) is 20.7. The van der Waals surface area contributed by atoms with Crippen LogP contribution < -0.4 is 10.6 Å². The molecule has 1 atom stereocenters. The number of nitrogens with zero attached hydrogens (tertiary/aromatic N) is 3. The molecule has 0 radical (unpaired) electrons. The van der Waals surface area contributed by atoms with Crippen molar-refractivity contribution in [2.24, 2.45) is 5.73 Å². The van der Waals surface area contributed by atoms with Crippen molar-refractivity contribution >= 4 is 45.8 Å². The van der Waals surface area contributed by atoms with Gasteiger partial charge in [-0.25, -0.2) is 0 Å². The molecule has 2 aliphatic rings. The summed E-state index contributed by atoms with van der Waals surface area (Å²) in [6.07, 6.45) is 3.60. The summed E-state index contributed by atoms with van der Waals surface area (Å²) in [5.41, 5.74) is 8.45. The molecule has 0 aliphatic carbocycles. The number of likely N-dealkylation sites (tertiary alicyclic amines) is 1. The number of carbonyl (C=O) groups excluding carboxylic acids is 1. The van der Waals surface area contributed by atoms with Crippen LogP contribution in [0.2, 0.25) is 10.0 Å². The van der Waals surface area contributed by atoms with Crippen LogP contribution in [0.4, 0.5) is 5.69 Å². The van der Waals surface area contributed by atoms with Crippen molar-refractivity contribution in [3.63, 3.8) is 0 Å². The Kier molecular flexibility index (Phi) is 7.02. The molecule has 34 heavy (non-hydrogen) atoms. The Balaban J connectivity index is 1.20. The molecule has 3 aromatic rings. The van der Waals surface area contributed by atoms with Crippen molar-refractivity contribution in [3.8, 4) is 0 Å². The second-order valence-electron chi connectivity index (χ2n) is 9.25. The lowest BCUT2D eigenvalue weighted by Crippen LogP contribution is -2.47. The van der Waals surface area contributed by atoms with Gasteiger partial charge < -0.3 is 15.1 Å². The van der Waals surface area contributed by atoms with Crippen molar-refractivity contribution in [3.05, 3.63) is 63.8 Å². The van der Waals surface area contributed by atoms with Crippen LogP contribution in [-0.4, -0.2) is 61.5 Å². The third kappa shape index (κ3) is 5.05. The maximum Gasteiger partial charge on any atom is 0.284 e. The summed E-state index contributed by atoms with van der Waals surface area (Å²) in [5, 5.41) is 2.15. The molecule has 6 nitrogen and oxygen atoms in total. The Bertz CT molecular complexity index is 1170. The van der Waals surface area contributed by atoms with E-state index in [4.69, 9.17) is 33.4 Å². The number of benzene rings is 2. The molecule has 8 heteroatoms. The summed E-state index contributed by atoms with van der Waals surface area (Å²) >= 11 is 12.5. The Morgan fingerprint density at radius 3 is 2.41 bits per heavy atom. The Labute approximate surface area is 210 Å². The number of piperazine rings is 1. The highest BCUT2D eigenvalue weighted by molar-refractivity contribution is 6.42. The van der Waals surface area contributed by atoms with Crippen LogP contribution in [0.1, 0.15) is 41.4 Å². The van der Waals surface area contributed by atoms with Crippen molar-refractivity contribution < 1.29 is 9.21 Å². The average Bonchev–Trinajstić information content (AvgIpc) is 3.52. The minimum Gasteiger partial charge on any atom is -0.451 e. The van der Waals surface area contributed by atoms with Gasteiger partial charge in [0.2, 0.25) is 0 Å². The molecule has 0 saturated carbocycles. The molecule has 2 aromatic carbocycles. The molecule has 2 aliphatic heterocycles. The standard InChI is InChI=1S/C26H30Cl2N4O2/c27-21-5-3-18(16-22(21)28)23(32-8-1-2-9-32)7-10-30-11-13-31(14-12-30)20-4-6-24-19(15-20)17-25(34-24)26(29)33/h3-6,15-17,23H,1-2,7-14H2,(H2,29,33). The number of hydrogen-bond acceptors (Lipinski definition) is 5. The molecule has 1 amide bonds. The number of nitrogens with two attached hydrogens (primary N) is 1. The van der Waals surface area contributed by atoms with Gasteiger partial charge in [0.05, 0.1) is 10.0 Å². The monoisotopic (exact) mass is 500 g/mol. The van der Waals surface area contributed by atoms with E-state index in [-0.39, 0.29) is 5.76 Å². The van der Waals surface area contributed by atoms with Gasteiger partial charge in [-0.3, -0.25) is 14.6 Å². The van der Waals surface area contributed by atoms with Gasteiger partial charge in [0, 0.05) is 49.8 Å². The first-order chi connectivity index (χ1) is 16.5. The number of carbonyl (C=O) groups is 1. The van der Waals surface area contributed by atoms with Gasteiger partial charge in [-0.2, -0.15) is 0 Å². The van der Waals surface area contributed by atoms with Gasteiger partial charge >= 0.3 is 0 Å². The topological polar surface area (TPSA) is 66.0 Å².